The predicted octanol–water partition coefficient (Wildman–Crippen LogP) is 8.88. The number of rotatable bonds is 7. The average Bonchev–Trinajstić information content (AvgIpc) is 2.90. The fourth-order valence-corrected chi connectivity index (χ4v) is 5.29. The lowest BCUT2D eigenvalue weighted by Crippen LogP contribution is -2.07. The van der Waals surface area contributed by atoms with E-state index in [4.69, 9.17) is 5.11 Å². The van der Waals surface area contributed by atoms with Gasteiger partial charge in [-0.3, -0.25) is 10.1 Å². The molecule has 0 amide bonds. The van der Waals surface area contributed by atoms with Crippen molar-refractivity contribution in [3.05, 3.63) is 118 Å². The predicted molar refractivity (Wildman–Crippen MR) is 166 cm³/mol. The van der Waals surface area contributed by atoms with Gasteiger partial charge in [0, 0.05) is 30.3 Å². The van der Waals surface area contributed by atoms with Crippen LogP contribution in [0.15, 0.2) is 75.7 Å². The van der Waals surface area contributed by atoms with Crippen molar-refractivity contribution in [3.8, 4) is 0 Å². The van der Waals surface area contributed by atoms with Gasteiger partial charge in [0.1, 0.15) is 0 Å². The molecule has 0 radical (unpaired) electrons. The number of carboxylic acids is 2. The van der Waals surface area contributed by atoms with Crippen LogP contribution in [-0.2, 0) is 0 Å². The van der Waals surface area contributed by atoms with E-state index in [1.54, 1.807) is 31.2 Å². The molecule has 4 aromatic rings. The molecule has 0 spiro atoms. The van der Waals surface area contributed by atoms with Crippen molar-refractivity contribution in [2.45, 2.75) is 6.92 Å². The lowest BCUT2D eigenvalue weighted by Gasteiger charge is -2.13. The molecule has 14 heteroatoms. The van der Waals surface area contributed by atoms with Crippen LogP contribution in [-0.4, -0.2) is 27.1 Å². The molecule has 9 nitrogen and oxygen atoms in total. The lowest BCUT2D eigenvalue weighted by molar-refractivity contribution is -0.384. The van der Waals surface area contributed by atoms with Crippen LogP contribution < -0.4 is 10.6 Å². The van der Waals surface area contributed by atoms with Crippen LogP contribution in [0.3, 0.4) is 0 Å². The number of nitrogens with zero attached hydrogens (tertiary/aromatic N) is 1. The Balaban J connectivity index is 0.000000226. The second-order valence-electron chi connectivity index (χ2n) is 8.21. The number of non-ortho nitro benzene ring substituents is 1. The van der Waals surface area contributed by atoms with Crippen molar-refractivity contribution in [1.29, 1.82) is 0 Å². The summed E-state index contributed by atoms with van der Waals surface area (Å²) in [4.78, 5) is 32.4. The van der Waals surface area contributed by atoms with E-state index in [-0.39, 0.29) is 28.2 Å². The van der Waals surface area contributed by atoms with Gasteiger partial charge in [-0.15, -0.1) is 0 Å². The first-order valence-corrected chi connectivity index (χ1v) is 13.9. The molecule has 0 saturated heterocycles. The number of nitro groups is 1. The van der Waals surface area contributed by atoms with Crippen LogP contribution in [0.1, 0.15) is 26.3 Å². The Morgan fingerprint density at radius 2 is 1.49 bits per heavy atom. The van der Waals surface area contributed by atoms with Crippen molar-refractivity contribution < 1.29 is 33.5 Å². The molecular weight excluding hydrogens is 787 g/mol. The molecule has 4 N–H and O–H groups in total. The summed E-state index contributed by atoms with van der Waals surface area (Å²) in [5.41, 5.74) is 1.09. The number of carbonyl (C=O) groups is 2. The minimum Gasteiger partial charge on any atom is -0.478 e. The van der Waals surface area contributed by atoms with Crippen molar-refractivity contribution >= 4 is 94.8 Å². The van der Waals surface area contributed by atoms with Crippen molar-refractivity contribution in [2.75, 3.05) is 10.6 Å². The molecule has 0 aliphatic rings. The monoisotopic (exact) mass is 803 g/mol. The summed E-state index contributed by atoms with van der Waals surface area (Å²) in [6.07, 6.45) is 0. The minimum atomic E-state index is -1.33. The van der Waals surface area contributed by atoms with Gasteiger partial charge in [0.2, 0.25) is 0 Å². The van der Waals surface area contributed by atoms with Gasteiger partial charge in [-0.25, -0.2) is 18.4 Å². The standard InChI is InChI=1S/C14H10BrF2NO2.C13H8BrIN2O4/c1-7-6-8(15)2-5-11(7)18-13-9(14(19)20)3-4-10(16)12(13)17;14-10-5-7(15)1-3-12(10)16-11-4-2-8(17(20)21)6-9(11)13(18)19/h2-6,18H,1H3,(H,19,20);1-6,16H,(H,18,19). The zero-order chi connectivity index (χ0) is 30.4. The average molecular weight is 805 g/mol. The Bertz CT molecular complexity index is 1670. The van der Waals surface area contributed by atoms with E-state index in [9.17, 15) is 33.6 Å². The Labute approximate surface area is 262 Å². The molecule has 0 saturated carbocycles. The first kappa shape index (κ1) is 31.9. The van der Waals surface area contributed by atoms with Gasteiger partial charge >= 0.3 is 11.9 Å². The summed E-state index contributed by atoms with van der Waals surface area (Å²) in [5, 5.41) is 34.5. The van der Waals surface area contributed by atoms with E-state index in [0.717, 1.165) is 36.3 Å². The van der Waals surface area contributed by atoms with Gasteiger partial charge in [0.15, 0.2) is 11.6 Å². The molecule has 0 fully saturated rings. The topological polar surface area (TPSA) is 142 Å². The number of hydrogen-bond donors (Lipinski definition) is 4. The first-order chi connectivity index (χ1) is 19.3. The number of benzene rings is 4. The maximum absolute atomic E-state index is 13.8. The van der Waals surface area contributed by atoms with Crippen molar-refractivity contribution in [3.63, 3.8) is 0 Å². The second-order valence-corrected chi connectivity index (χ2v) is 11.2. The van der Waals surface area contributed by atoms with Gasteiger partial charge in [0.05, 0.1) is 33.1 Å². The number of carboxylic acid groups (broad SMARTS) is 2. The highest BCUT2D eigenvalue weighted by Crippen LogP contribution is 2.31. The van der Waals surface area contributed by atoms with Gasteiger partial charge < -0.3 is 20.8 Å². The van der Waals surface area contributed by atoms with E-state index in [1.165, 1.54) is 12.1 Å². The molecule has 0 heterocycles. The zero-order valence-electron chi connectivity index (χ0n) is 20.7. The van der Waals surface area contributed by atoms with Crippen LogP contribution in [0.2, 0.25) is 0 Å². The van der Waals surface area contributed by atoms with E-state index in [2.05, 4.69) is 65.1 Å². The number of halogens is 5. The first-order valence-electron chi connectivity index (χ1n) is 11.3. The third-order valence-electron chi connectivity index (χ3n) is 5.42. The molecule has 4 aromatic carbocycles. The molecule has 0 aromatic heterocycles. The van der Waals surface area contributed by atoms with Gasteiger partial charge in [0.25, 0.3) is 5.69 Å². The van der Waals surface area contributed by atoms with Crippen LogP contribution in [0.5, 0.6) is 0 Å². The molecule has 0 atom stereocenters. The number of aromatic carboxylic acids is 2. The summed E-state index contributed by atoms with van der Waals surface area (Å²) in [5.74, 6) is -4.89. The smallest absolute Gasteiger partial charge is 0.338 e. The number of anilines is 4. The summed E-state index contributed by atoms with van der Waals surface area (Å²) >= 11 is 8.83. The minimum absolute atomic E-state index is 0.158. The zero-order valence-corrected chi connectivity index (χ0v) is 26.0. The lowest BCUT2D eigenvalue weighted by atomic mass is 10.1. The van der Waals surface area contributed by atoms with Gasteiger partial charge in [-0.2, -0.15) is 0 Å². The van der Waals surface area contributed by atoms with E-state index >= 15 is 0 Å². The van der Waals surface area contributed by atoms with Crippen molar-refractivity contribution in [1.82, 2.24) is 0 Å². The fraction of sp³-hybridized carbons (Fsp3) is 0.0370. The normalized spacial score (nSPS) is 10.3. The molecule has 212 valence electrons. The van der Waals surface area contributed by atoms with Crippen molar-refractivity contribution in [2.24, 2.45) is 0 Å². The highest BCUT2D eigenvalue weighted by molar-refractivity contribution is 14.1. The molecular formula is C27H18Br2F2IN3O6. The summed E-state index contributed by atoms with van der Waals surface area (Å²) in [6.45, 7) is 1.77. The van der Waals surface area contributed by atoms with E-state index < -0.39 is 28.5 Å². The largest absolute Gasteiger partial charge is 0.478 e. The maximum Gasteiger partial charge on any atom is 0.338 e. The molecule has 0 aliphatic heterocycles. The summed E-state index contributed by atoms with van der Waals surface area (Å²) < 4.78 is 29.7. The molecule has 41 heavy (non-hydrogen) atoms. The van der Waals surface area contributed by atoms with E-state index in [0.29, 0.717) is 11.4 Å². The Morgan fingerprint density at radius 1 is 0.854 bits per heavy atom. The Morgan fingerprint density at radius 3 is 2.07 bits per heavy atom. The van der Waals surface area contributed by atoms with Crippen LogP contribution in [0, 0.1) is 32.2 Å². The number of hydrogen-bond acceptors (Lipinski definition) is 6. The summed E-state index contributed by atoms with van der Waals surface area (Å²) in [7, 11) is 0. The quantitative estimate of drug-likeness (QED) is 0.0825. The van der Waals surface area contributed by atoms with E-state index in [1.807, 2.05) is 12.1 Å². The van der Waals surface area contributed by atoms with Crippen LogP contribution >= 0.6 is 54.5 Å². The number of nitro benzene ring substituents is 1. The Kier molecular flexibility index (Phi) is 10.8. The van der Waals surface area contributed by atoms with Crippen LogP contribution in [0.25, 0.3) is 0 Å². The third kappa shape index (κ3) is 8.20. The molecule has 4 rings (SSSR count). The molecule has 0 aliphatic carbocycles. The highest BCUT2D eigenvalue weighted by atomic mass is 127. The molecule has 0 bridgehead atoms. The van der Waals surface area contributed by atoms with Gasteiger partial charge in [-0.05, 0) is 106 Å². The summed E-state index contributed by atoms with van der Waals surface area (Å²) in [6, 6.07) is 16.2. The second kappa shape index (κ2) is 13.8. The SMILES string of the molecule is Cc1cc(Br)ccc1Nc1c(C(=O)O)ccc(F)c1F.O=C(O)c1cc([N+](=O)[O-])ccc1Nc1ccc(I)cc1Br. The fourth-order valence-electron chi connectivity index (χ4n) is 3.42. The number of nitrogens with one attached hydrogen (secondary N) is 2. The maximum atomic E-state index is 13.8. The highest BCUT2D eigenvalue weighted by Gasteiger charge is 2.19. The van der Waals surface area contributed by atoms with Gasteiger partial charge in [-0.1, -0.05) is 15.9 Å². The molecule has 0 unspecified atom stereocenters. The van der Waals surface area contributed by atoms with Crippen LogP contribution in [0.4, 0.5) is 37.2 Å². The Hall–Kier alpha value is -3.63. The third-order valence-corrected chi connectivity index (χ3v) is 7.24. The number of aryl methyl sites for hydroxylation is 1.